The van der Waals surface area contributed by atoms with Crippen molar-refractivity contribution in [3.8, 4) is 0 Å². The van der Waals surface area contributed by atoms with Gasteiger partial charge in [0, 0.05) is 19.6 Å². The van der Waals surface area contributed by atoms with Crippen molar-refractivity contribution in [1.82, 2.24) is 13.9 Å². The Morgan fingerprint density at radius 2 is 1.68 bits per heavy atom. The fraction of sp³-hybridized carbons (Fsp3) is 0.778. The van der Waals surface area contributed by atoms with E-state index >= 15 is 0 Å². The van der Waals surface area contributed by atoms with Crippen molar-refractivity contribution in [2.75, 3.05) is 39.3 Å². The zero-order valence-corrected chi connectivity index (χ0v) is 11.4. The van der Waals surface area contributed by atoms with Crippen LogP contribution in [-0.2, 0) is 19.8 Å². The van der Waals surface area contributed by atoms with Gasteiger partial charge in [-0.1, -0.05) is 0 Å². The maximum absolute atomic E-state index is 12.3. The van der Waals surface area contributed by atoms with E-state index in [1.165, 1.54) is 4.31 Å². The Bertz CT molecular complexity index is 414. The molecule has 9 nitrogen and oxygen atoms in total. The highest BCUT2D eigenvalue weighted by Gasteiger charge is 2.31. The molecule has 0 aromatic rings. The Hall–Kier alpha value is -1.23. The fourth-order valence-corrected chi connectivity index (χ4v) is 3.37. The minimum Gasteiger partial charge on any atom is -0.369 e. The van der Waals surface area contributed by atoms with E-state index in [0.29, 0.717) is 23.8 Å². The van der Waals surface area contributed by atoms with Crippen LogP contribution >= 0.6 is 0 Å². The Kier molecular flexibility index (Phi) is 5.66. The van der Waals surface area contributed by atoms with Crippen LogP contribution < -0.4 is 16.8 Å². The molecule has 0 aromatic carbocycles. The zero-order chi connectivity index (χ0) is 14.5. The van der Waals surface area contributed by atoms with Gasteiger partial charge in [-0.05, 0) is 13.0 Å². The van der Waals surface area contributed by atoms with Crippen LogP contribution in [0, 0.1) is 0 Å². The van der Waals surface area contributed by atoms with Crippen LogP contribution in [0.4, 0.5) is 0 Å². The number of primary amides is 2. The lowest BCUT2D eigenvalue weighted by molar-refractivity contribution is -0.120. The van der Waals surface area contributed by atoms with E-state index in [9.17, 15) is 18.0 Å². The van der Waals surface area contributed by atoms with Gasteiger partial charge in [0.05, 0.1) is 13.1 Å². The van der Waals surface area contributed by atoms with Crippen LogP contribution in [-0.4, -0.2) is 68.1 Å². The lowest BCUT2D eigenvalue weighted by Gasteiger charge is -2.27. The normalized spacial score (nSPS) is 18.2. The molecule has 1 heterocycles. The molecular weight excluding hydrogens is 274 g/mol. The van der Waals surface area contributed by atoms with Crippen molar-refractivity contribution in [3.05, 3.63) is 0 Å². The lowest BCUT2D eigenvalue weighted by Crippen LogP contribution is -2.50. The van der Waals surface area contributed by atoms with Gasteiger partial charge in [0.1, 0.15) is 0 Å². The molecule has 10 heteroatoms. The first-order chi connectivity index (χ1) is 8.84. The van der Waals surface area contributed by atoms with E-state index in [0.717, 1.165) is 6.54 Å². The molecule has 0 atom stereocenters. The summed E-state index contributed by atoms with van der Waals surface area (Å²) in [5, 5.41) is 3.06. The highest BCUT2D eigenvalue weighted by molar-refractivity contribution is 7.86. The number of nitrogens with one attached hydrogen (secondary N) is 1. The minimum absolute atomic E-state index is 0.274. The second-order valence-corrected chi connectivity index (χ2v) is 6.14. The smallest absolute Gasteiger partial charge is 0.282 e. The molecule has 0 spiro atoms. The van der Waals surface area contributed by atoms with E-state index in [2.05, 4.69) is 5.32 Å². The average molecular weight is 293 g/mol. The van der Waals surface area contributed by atoms with Gasteiger partial charge in [-0.15, -0.1) is 0 Å². The van der Waals surface area contributed by atoms with Gasteiger partial charge in [-0.3, -0.25) is 9.59 Å². The summed E-state index contributed by atoms with van der Waals surface area (Å²) in [4.78, 5) is 21.8. The Labute approximate surface area is 112 Å². The fourth-order valence-electron chi connectivity index (χ4n) is 1.78. The van der Waals surface area contributed by atoms with Gasteiger partial charge in [0.25, 0.3) is 10.2 Å². The number of hydrogen-bond acceptors (Lipinski definition) is 5. The second kappa shape index (κ2) is 6.80. The largest absolute Gasteiger partial charge is 0.369 e. The number of rotatable bonds is 6. The Balaban J connectivity index is 2.89. The van der Waals surface area contributed by atoms with Crippen LogP contribution in [0.3, 0.4) is 0 Å². The molecular formula is C9H19N5O4S. The summed E-state index contributed by atoms with van der Waals surface area (Å²) < 4.78 is 26.6. The van der Waals surface area contributed by atoms with Crippen LogP contribution in [0.1, 0.15) is 6.42 Å². The predicted molar refractivity (Wildman–Crippen MR) is 67.9 cm³/mol. The summed E-state index contributed by atoms with van der Waals surface area (Å²) in [5.74, 6) is -1.67. The van der Waals surface area contributed by atoms with Gasteiger partial charge in [-0.25, -0.2) is 0 Å². The monoisotopic (exact) mass is 293 g/mol. The van der Waals surface area contributed by atoms with Gasteiger partial charge < -0.3 is 16.8 Å². The summed E-state index contributed by atoms with van der Waals surface area (Å²) in [6.45, 7) is 0.710. The van der Waals surface area contributed by atoms with Crippen LogP contribution in [0.25, 0.3) is 0 Å². The van der Waals surface area contributed by atoms with Crippen molar-refractivity contribution in [2.24, 2.45) is 11.5 Å². The third-order valence-electron chi connectivity index (χ3n) is 2.62. The van der Waals surface area contributed by atoms with Crippen LogP contribution in [0.5, 0.6) is 0 Å². The number of nitrogens with zero attached hydrogens (tertiary/aromatic N) is 2. The summed E-state index contributed by atoms with van der Waals surface area (Å²) >= 11 is 0. The summed E-state index contributed by atoms with van der Waals surface area (Å²) in [5.41, 5.74) is 10.00. The van der Waals surface area contributed by atoms with Gasteiger partial charge in [0.2, 0.25) is 11.8 Å². The SMILES string of the molecule is NC(=O)CN(CC(N)=O)S(=O)(=O)N1CCCNCC1. The molecule has 0 saturated carbocycles. The number of carbonyl (C=O) groups excluding carboxylic acids is 2. The van der Waals surface area contributed by atoms with E-state index in [4.69, 9.17) is 11.5 Å². The first kappa shape index (κ1) is 15.8. The topological polar surface area (TPSA) is 139 Å². The first-order valence-electron chi connectivity index (χ1n) is 5.86. The first-order valence-corrected chi connectivity index (χ1v) is 7.26. The Morgan fingerprint density at radius 3 is 2.21 bits per heavy atom. The molecule has 1 saturated heterocycles. The molecule has 1 fully saturated rings. The zero-order valence-electron chi connectivity index (χ0n) is 10.5. The minimum atomic E-state index is -3.91. The number of amides is 2. The van der Waals surface area contributed by atoms with Crippen molar-refractivity contribution >= 4 is 22.0 Å². The molecule has 0 aromatic heterocycles. The van der Waals surface area contributed by atoms with E-state index in [1.54, 1.807) is 0 Å². The third kappa shape index (κ3) is 4.74. The highest BCUT2D eigenvalue weighted by Crippen LogP contribution is 2.09. The third-order valence-corrected chi connectivity index (χ3v) is 4.54. The molecule has 0 radical (unpaired) electrons. The van der Waals surface area contributed by atoms with Crippen molar-refractivity contribution in [1.29, 1.82) is 0 Å². The maximum atomic E-state index is 12.3. The molecule has 110 valence electrons. The van der Waals surface area contributed by atoms with Crippen molar-refractivity contribution in [3.63, 3.8) is 0 Å². The van der Waals surface area contributed by atoms with Gasteiger partial charge in [-0.2, -0.15) is 17.0 Å². The molecule has 2 amide bonds. The molecule has 1 aliphatic heterocycles. The maximum Gasteiger partial charge on any atom is 0.282 e. The Morgan fingerprint density at radius 1 is 1.11 bits per heavy atom. The van der Waals surface area contributed by atoms with Gasteiger partial charge in [0.15, 0.2) is 0 Å². The average Bonchev–Trinajstić information content (AvgIpc) is 2.55. The van der Waals surface area contributed by atoms with Gasteiger partial charge >= 0.3 is 0 Å². The summed E-state index contributed by atoms with van der Waals surface area (Å²) in [6, 6.07) is 0. The van der Waals surface area contributed by atoms with E-state index in [-0.39, 0.29) is 6.54 Å². The summed E-state index contributed by atoms with van der Waals surface area (Å²) in [7, 11) is -3.91. The second-order valence-electron chi connectivity index (χ2n) is 4.21. The molecule has 0 aliphatic carbocycles. The quantitative estimate of drug-likeness (QED) is 0.473. The lowest BCUT2D eigenvalue weighted by atomic mass is 10.4. The molecule has 1 rings (SSSR count). The molecule has 0 bridgehead atoms. The van der Waals surface area contributed by atoms with Crippen LogP contribution in [0.2, 0.25) is 0 Å². The predicted octanol–water partition coefficient (Wildman–Crippen LogP) is -3.20. The number of nitrogens with two attached hydrogens (primary N) is 2. The van der Waals surface area contributed by atoms with E-state index < -0.39 is 35.1 Å². The molecule has 19 heavy (non-hydrogen) atoms. The molecule has 5 N–H and O–H groups in total. The molecule has 0 unspecified atom stereocenters. The summed E-state index contributed by atoms with van der Waals surface area (Å²) in [6.07, 6.45) is 0.653. The van der Waals surface area contributed by atoms with E-state index in [1.807, 2.05) is 0 Å². The van der Waals surface area contributed by atoms with Crippen molar-refractivity contribution in [2.45, 2.75) is 6.42 Å². The molecule has 1 aliphatic rings. The van der Waals surface area contributed by atoms with Crippen molar-refractivity contribution < 1.29 is 18.0 Å². The number of hydrogen-bond donors (Lipinski definition) is 3. The highest BCUT2D eigenvalue weighted by atomic mass is 32.2. The van der Waals surface area contributed by atoms with Crippen LogP contribution in [0.15, 0.2) is 0 Å². The standard InChI is InChI=1S/C9H19N5O4S/c10-8(15)6-14(7-9(11)16)19(17,18)13-4-1-2-12-3-5-13/h12H,1-7H2,(H2,10,15)(H2,11,16). The number of carbonyl (C=O) groups is 2.